The van der Waals surface area contributed by atoms with Crippen LogP contribution in [0.25, 0.3) is 0 Å². The Labute approximate surface area is 115 Å². The fraction of sp³-hybridized carbons (Fsp3) is 0.385. The molecule has 1 aromatic carbocycles. The van der Waals surface area contributed by atoms with Gasteiger partial charge in [-0.3, -0.25) is 0 Å². The molecule has 1 rings (SSSR count). The summed E-state index contributed by atoms with van der Waals surface area (Å²) in [6.45, 7) is 1.25. The zero-order chi connectivity index (χ0) is 15.3. The zero-order valence-corrected chi connectivity index (χ0v) is 11.2. The Kier molecular flexibility index (Phi) is 5.45. The van der Waals surface area contributed by atoms with E-state index in [-0.39, 0.29) is 6.54 Å². The van der Waals surface area contributed by atoms with Crippen LogP contribution in [0, 0.1) is 5.82 Å². The highest BCUT2D eigenvalue weighted by molar-refractivity contribution is 5.82. The number of nitrogens with zero attached hydrogens (tertiary/aromatic N) is 1. The van der Waals surface area contributed by atoms with Crippen molar-refractivity contribution < 1.29 is 24.2 Å². The van der Waals surface area contributed by atoms with Crippen molar-refractivity contribution in [3.8, 4) is 0 Å². The number of amides is 2. The summed E-state index contributed by atoms with van der Waals surface area (Å²) in [5.41, 5.74) is 0.314. The summed E-state index contributed by atoms with van der Waals surface area (Å²) < 4.78 is 13.4. The normalized spacial score (nSPS) is 13.4. The maximum absolute atomic E-state index is 13.4. The van der Waals surface area contributed by atoms with E-state index in [1.165, 1.54) is 32.2 Å². The molecule has 0 saturated carbocycles. The van der Waals surface area contributed by atoms with Crippen LogP contribution in [0.2, 0.25) is 0 Å². The molecule has 0 saturated heterocycles. The first-order valence-electron chi connectivity index (χ1n) is 5.99. The predicted octanol–water partition coefficient (Wildman–Crippen LogP) is 0.801. The molecular formula is C13H17FN2O4. The van der Waals surface area contributed by atoms with Gasteiger partial charge in [-0.2, -0.15) is 0 Å². The Bertz CT molecular complexity index is 493. The van der Waals surface area contributed by atoms with Crippen LogP contribution < -0.4 is 5.32 Å². The number of aliphatic hydroxyl groups is 1. The molecule has 0 aliphatic carbocycles. The second-order valence-electron chi connectivity index (χ2n) is 4.45. The van der Waals surface area contributed by atoms with Crippen LogP contribution >= 0.6 is 0 Å². The lowest BCUT2D eigenvalue weighted by atomic mass is 10.2. The zero-order valence-electron chi connectivity index (χ0n) is 11.2. The maximum Gasteiger partial charge on any atom is 0.328 e. The highest BCUT2D eigenvalue weighted by Gasteiger charge is 2.26. The van der Waals surface area contributed by atoms with E-state index in [2.05, 4.69) is 5.32 Å². The third-order valence-corrected chi connectivity index (χ3v) is 2.74. The monoisotopic (exact) mass is 284 g/mol. The minimum Gasteiger partial charge on any atom is -0.480 e. The maximum atomic E-state index is 13.4. The molecule has 0 spiro atoms. The largest absolute Gasteiger partial charge is 0.480 e. The van der Waals surface area contributed by atoms with E-state index in [1.807, 2.05) is 0 Å². The molecule has 20 heavy (non-hydrogen) atoms. The lowest BCUT2D eigenvalue weighted by Gasteiger charge is -2.23. The summed E-state index contributed by atoms with van der Waals surface area (Å²) in [6.07, 6.45) is -1.24. The number of urea groups is 1. The molecule has 0 aliphatic heterocycles. The van der Waals surface area contributed by atoms with Crippen molar-refractivity contribution in [1.29, 1.82) is 0 Å². The second-order valence-corrected chi connectivity index (χ2v) is 4.45. The number of benzene rings is 1. The average Bonchev–Trinajstić information content (AvgIpc) is 2.37. The molecule has 1 aromatic rings. The van der Waals surface area contributed by atoms with E-state index in [1.54, 1.807) is 6.07 Å². The van der Waals surface area contributed by atoms with Crippen molar-refractivity contribution in [1.82, 2.24) is 10.2 Å². The molecule has 0 aliphatic rings. The molecule has 2 atom stereocenters. The molecule has 0 bridgehead atoms. The number of carboxylic acid groups (broad SMARTS) is 1. The fourth-order valence-corrected chi connectivity index (χ4v) is 1.59. The minimum atomic E-state index is -1.41. The standard InChI is InChI=1S/C13H17FN2O4/c1-8(17)11(12(18)19)15-13(20)16(2)7-9-5-3-4-6-10(9)14/h3-6,8,11,17H,7H2,1-2H3,(H,15,20)(H,18,19)/t8-,11+/m1/s1. The highest BCUT2D eigenvalue weighted by Crippen LogP contribution is 2.09. The average molecular weight is 284 g/mol. The number of carbonyl (C=O) groups is 2. The van der Waals surface area contributed by atoms with Crippen molar-refractivity contribution in [3.05, 3.63) is 35.6 Å². The third kappa shape index (κ3) is 4.20. The minimum absolute atomic E-state index is 0.00927. The molecular weight excluding hydrogens is 267 g/mol. The SMILES string of the molecule is C[C@@H](O)[C@H](NC(=O)N(C)Cc1ccccc1F)C(=O)O. The number of carboxylic acids is 1. The predicted molar refractivity (Wildman–Crippen MR) is 69.5 cm³/mol. The molecule has 0 unspecified atom stereocenters. The van der Waals surface area contributed by atoms with E-state index >= 15 is 0 Å². The molecule has 3 N–H and O–H groups in total. The van der Waals surface area contributed by atoms with Crippen LogP contribution in [0.5, 0.6) is 0 Å². The number of rotatable bonds is 5. The third-order valence-electron chi connectivity index (χ3n) is 2.74. The van der Waals surface area contributed by atoms with Crippen molar-refractivity contribution in [2.75, 3.05) is 7.05 Å². The van der Waals surface area contributed by atoms with Gasteiger partial charge in [-0.15, -0.1) is 0 Å². The van der Waals surface area contributed by atoms with Gasteiger partial charge in [0.15, 0.2) is 6.04 Å². The Morgan fingerprint density at radius 2 is 2.00 bits per heavy atom. The number of aliphatic hydroxyl groups excluding tert-OH is 1. The van der Waals surface area contributed by atoms with Crippen molar-refractivity contribution in [2.45, 2.75) is 25.6 Å². The summed E-state index contributed by atoms with van der Waals surface area (Å²) in [7, 11) is 1.41. The fourth-order valence-electron chi connectivity index (χ4n) is 1.59. The van der Waals surface area contributed by atoms with E-state index in [0.717, 1.165) is 4.90 Å². The van der Waals surface area contributed by atoms with Crippen LogP contribution in [0.15, 0.2) is 24.3 Å². The highest BCUT2D eigenvalue weighted by atomic mass is 19.1. The number of hydrogen-bond donors (Lipinski definition) is 3. The van der Waals surface area contributed by atoms with E-state index < -0.39 is 30.0 Å². The van der Waals surface area contributed by atoms with E-state index in [4.69, 9.17) is 5.11 Å². The number of hydrogen-bond acceptors (Lipinski definition) is 3. The number of aliphatic carboxylic acids is 1. The molecule has 110 valence electrons. The Hall–Kier alpha value is -2.15. The van der Waals surface area contributed by atoms with E-state index in [0.29, 0.717) is 5.56 Å². The summed E-state index contributed by atoms with van der Waals surface area (Å²) >= 11 is 0. The summed E-state index contributed by atoms with van der Waals surface area (Å²) in [5, 5.41) is 20.3. The van der Waals surface area contributed by atoms with Crippen LogP contribution in [0.4, 0.5) is 9.18 Å². The quantitative estimate of drug-likeness (QED) is 0.746. The molecule has 6 nitrogen and oxygen atoms in total. The first-order chi connectivity index (χ1) is 9.32. The number of nitrogens with one attached hydrogen (secondary N) is 1. The van der Waals surface area contributed by atoms with Crippen molar-refractivity contribution in [3.63, 3.8) is 0 Å². The molecule has 2 amide bonds. The Morgan fingerprint density at radius 1 is 1.40 bits per heavy atom. The lowest BCUT2D eigenvalue weighted by Crippen LogP contribution is -2.51. The van der Waals surface area contributed by atoms with Crippen LogP contribution in [-0.2, 0) is 11.3 Å². The number of carbonyl (C=O) groups excluding carboxylic acids is 1. The molecule has 0 radical (unpaired) electrons. The molecule has 0 aromatic heterocycles. The summed E-state index contributed by atoms with van der Waals surface area (Å²) in [4.78, 5) is 23.8. The summed E-state index contributed by atoms with van der Waals surface area (Å²) in [5.74, 6) is -1.79. The van der Waals surface area contributed by atoms with Gasteiger partial charge in [-0.1, -0.05) is 18.2 Å². The van der Waals surface area contributed by atoms with E-state index in [9.17, 15) is 19.1 Å². The topological polar surface area (TPSA) is 89.9 Å². The lowest BCUT2D eigenvalue weighted by molar-refractivity contribution is -0.141. The van der Waals surface area contributed by atoms with Crippen LogP contribution in [0.1, 0.15) is 12.5 Å². The molecule has 0 fully saturated rings. The smallest absolute Gasteiger partial charge is 0.328 e. The van der Waals surface area contributed by atoms with Gasteiger partial charge in [0.05, 0.1) is 6.10 Å². The van der Waals surface area contributed by atoms with Gasteiger partial charge in [0.25, 0.3) is 0 Å². The molecule has 0 heterocycles. The van der Waals surface area contributed by atoms with Crippen molar-refractivity contribution in [2.24, 2.45) is 0 Å². The first-order valence-corrected chi connectivity index (χ1v) is 5.99. The molecule has 7 heteroatoms. The Balaban J connectivity index is 2.68. The van der Waals surface area contributed by atoms with Crippen molar-refractivity contribution >= 4 is 12.0 Å². The van der Waals surface area contributed by atoms with Gasteiger partial charge in [-0.25, -0.2) is 14.0 Å². The van der Waals surface area contributed by atoms with Gasteiger partial charge in [0, 0.05) is 19.2 Å². The van der Waals surface area contributed by atoms with Crippen LogP contribution in [0.3, 0.4) is 0 Å². The second kappa shape index (κ2) is 6.85. The summed E-state index contributed by atoms with van der Waals surface area (Å²) in [6, 6.07) is 3.86. The van der Waals surface area contributed by atoms with Gasteiger partial charge in [-0.05, 0) is 13.0 Å². The van der Waals surface area contributed by atoms with Gasteiger partial charge < -0.3 is 20.4 Å². The van der Waals surface area contributed by atoms with Gasteiger partial charge in [0.2, 0.25) is 0 Å². The number of halogens is 1. The van der Waals surface area contributed by atoms with Gasteiger partial charge in [0.1, 0.15) is 5.82 Å². The Morgan fingerprint density at radius 3 is 2.50 bits per heavy atom. The van der Waals surface area contributed by atoms with Crippen LogP contribution in [-0.4, -0.2) is 46.3 Å². The van der Waals surface area contributed by atoms with Gasteiger partial charge >= 0.3 is 12.0 Å². The first kappa shape index (κ1) is 15.9.